The number of amides is 1. The minimum absolute atomic E-state index is 0.00609. The number of halogens is 1. The van der Waals surface area contributed by atoms with Crippen molar-refractivity contribution in [2.45, 2.75) is 58.3 Å². The zero-order valence-electron chi connectivity index (χ0n) is 15.0. The van der Waals surface area contributed by atoms with Crippen LogP contribution in [0.2, 0.25) is 5.02 Å². The minimum atomic E-state index is -0.270. The molecular formula is C21H28ClNO2. The SMILES string of the molecule is CCCCCCCCCCNC(=O)c1cc(Cl)c2ccccc2c1O. The van der Waals surface area contributed by atoms with Crippen LogP contribution in [-0.4, -0.2) is 17.6 Å². The van der Waals surface area contributed by atoms with Gasteiger partial charge in [-0.25, -0.2) is 0 Å². The van der Waals surface area contributed by atoms with Crippen molar-refractivity contribution in [3.8, 4) is 5.75 Å². The normalized spacial score (nSPS) is 11.0. The number of carbonyl (C=O) groups excluding carboxylic acids is 1. The number of rotatable bonds is 10. The van der Waals surface area contributed by atoms with Crippen molar-refractivity contribution in [3.63, 3.8) is 0 Å². The number of nitrogens with one attached hydrogen (secondary N) is 1. The molecule has 4 heteroatoms. The highest BCUT2D eigenvalue weighted by Crippen LogP contribution is 2.34. The molecule has 2 N–H and O–H groups in total. The Kier molecular flexibility index (Phi) is 8.07. The summed E-state index contributed by atoms with van der Waals surface area (Å²) in [6.45, 7) is 2.85. The van der Waals surface area contributed by atoms with Gasteiger partial charge >= 0.3 is 0 Å². The van der Waals surface area contributed by atoms with Crippen LogP contribution in [0.5, 0.6) is 5.75 Å². The Morgan fingerprint density at radius 1 is 1.00 bits per heavy atom. The maximum atomic E-state index is 12.3. The Morgan fingerprint density at radius 2 is 1.60 bits per heavy atom. The lowest BCUT2D eigenvalue weighted by atomic mass is 10.0. The average molecular weight is 362 g/mol. The first-order chi connectivity index (χ1) is 12.1. The summed E-state index contributed by atoms with van der Waals surface area (Å²) >= 11 is 6.24. The smallest absolute Gasteiger partial charge is 0.255 e. The van der Waals surface area contributed by atoms with E-state index in [1.807, 2.05) is 18.2 Å². The zero-order valence-corrected chi connectivity index (χ0v) is 15.7. The summed E-state index contributed by atoms with van der Waals surface area (Å²) in [6.07, 6.45) is 9.81. The van der Waals surface area contributed by atoms with Crippen LogP contribution in [0.15, 0.2) is 30.3 Å². The Labute approximate surface area is 155 Å². The molecule has 0 aliphatic rings. The van der Waals surface area contributed by atoms with Gasteiger partial charge in [0, 0.05) is 22.3 Å². The molecule has 2 aromatic rings. The first kappa shape index (κ1) is 19.6. The molecule has 2 rings (SSSR count). The number of phenolic OH excluding ortho intramolecular Hbond substituents is 1. The van der Waals surface area contributed by atoms with Gasteiger partial charge in [-0.2, -0.15) is 0 Å². The average Bonchev–Trinajstić information content (AvgIpc) is 2.63. The summed E-state index contributed by atoms with van der Waals surface area (Å²) < 4.78 is 0. The van der Waals surface area contributed by atoms with E-state index in [1.54, 1.807) is 12.1 Å². The van der Waals surface area contributed by atoms with E-state index in [2.05, 4.69) is 12.2 Å². The standard InChI is InChI=1S/C21H28ClNO2/c1-2-3-4-5-6-7-8-11-14-23-21(25)18-15-19(22)16-12-9-10-13-17(16)20(18)24/h9-10,12-13,15,24H,2-8,11,14H2,1H3,(H,23,25). The summed E-state index contributed by atoms with van der Waals surface area (Å²) in [5, 5.41) is 15.1. The van der Waals surface area contributed by atoms with Crippen LogP contribution in [-0.2, 0) is 0 Å². The van der Waals surface area contributed by atoms with Crippen molar-refractivity contribution in [1.82, 2.24) is 5.32 Å². The zero-order chi connectivity index (χ0) is 18.1. The molecule has 0 aromatic heterocycles. The molecule has 136 valence electrons. The third-order valence-electron chi connectivity index (χ3n) is 4.53. The Hall–Kier alpha value is -1.74. The Balaban J connectivity index is 1.80. The molecule has 0 aliphatic heterocycles. The Bertz CT molecular complexity index is 700. The summed E-state index contributed by atoms with van der Waals surface area (Å²) in [5.41, 5.74) is 0.239. The van der Waals surface area contributed by atoms with E-state index in [9.17, 15) is 9.90 Å². The van der Waals surface area contributed by atoms with Crippen molar-refractivity contribution in [2.24, 2.45) is 0 Å². The third kappa shape index (κ3) is 5.64. The summed E-state index contributed by atoms with van der Waals surface area (Å²) in [7, 11) is 0. The van der Waals surface area contributed by atoms with Crippen LogP contribution in [0.4, 0.5) is 0 Å². The van der Waals surface area contributed by atoms with Gasteiger partial charge in [0.25, 0.3) is 5.91 Å². The second-order valence-electron chi connectivity index (χ2n) is 6.53. The number of aromatic hydroxyl groups is 1. The Morgan fingerprint density at radius 3 is 2.28 bits per heavy atom. The van der Waals surface area contributed by atoms with Gasteiger partial charge < -0.3 is 10.4 Å². The fraction of sp³-hybridized carbons (Fsp3) is 0.476. The highest BCUT2D eigenvalue weighted by atomic mass is 35.5. The predicted octanol–water partition coefficient (Wildman–Crippen LogP) is 6.07. The lowest BCUT2D eigenvalue weighted by Gasteiger charge is -2.10. The van der Waals surface area contributed by atoms with E-state index in [4.69, 9.17) is 11.6 Å². The van der Waals surface area contributed by atoms with E-state index >= 15 is 0 Å². The molecule has 0 bridgehead atoms. The predicted molar refractivity (Wildman–Crippen MR) is 106 cm³/mol. The monoisotopic (exact) mass is 361 g/mol. The molecule has 3 nitrogen and oxygen atoms in total. The van der Waals surface area contributed by atoms with Gasteiger partial charge in [0.2, 0.25) is 0 Å². The van der Waals surface area contributed by atoms with E-state index in [1.165, 1.54) is 38.5 Å². The van der Waals surface area contributed by atoms with E-state index < -0.39 is 0 Å². The van der Waals surface area contributed by atoms with Crippen LogP contribution >= 0.6 is 11.6 Å². The molecule has 0 spiro atoms. The van der Waals surface area contributed by atoms with Crippen molar-refractivity contribution in [3.05, 3.63) is 40.9 Å². The first-order valence-electron chi connectivity index (χ1n) is 9.33. The van der Waals surface area contributed by atoms with Gasteiger partial charge in [-0.1, -0.05) is 87.7 Å². The topological polar surface area (TPSA) is 49.3 Å². The molecule has 1 amide bonds. The van der Waals surface area contributed by atoms with Crippen molar-refractivity contribution < 1.29 is 9.90 Å². The second-order valence-corrected chi connectivity index (χ2v) is 6.94. The third-order valence-corrected chi connectivity index (χ3v) is 4.84. The van der Waals surface area contributed by atoms with E-state index in [0.717, 1.165) is 18.2 Å². The van der Waals surface area contributed by atoms with Crippen molar-refractivity contribution in [2.75, 3.05) is 6.54 Å². The van der Waals surface area contributed by atoms with Crippen LogP contribution in [0.25, 0.3) is 10.8 Å². The highest BCUT2D eigenvalue weighted by Gasteiger charge is 2.15. The molecular weight excluding hydrogens is 334 g/mol. The quantitative estimate of drug-likeness (QED) is 0.504. The molecule has 0 saturated heterocycles. The van der Waals surface area contributed by atoms with Crippen LogP contribution in [0, 0.1) is 0 Å². The van der Waals surface area contributed by atoms with E-state index in [-0.39, 0.29) is 17.2 Å². The molecule has 0 aliphatic carbocycles. The fourth-order valence-corrected chi connectivity index (χ4v) is 3.32. The lowest BCUT2D eigenvalue weighted by Crippen LogP contribution is -2.24. The van der Waals surface area contributed by atoms with Gasteiger partial charge in [-0.05, 0) is 12.5 Å². The van der Waals surface area contributed by atoms with Gasteiger partial charge in [0.1, 0.15) is 5.75 Å². The number of phenols is 1. The number of carbonyl (C=O) groups is 1. The van der Waals surface area contributed by atoms with Gasteiger partial charge in [-0.3, -0.25) is 4.79 Å². The molecule has 0 unspecified atom stereocenters. The van der Waals surface area contributed by atoms with E-state index in [0.29, 0.717) is 17.0 Å². The van der Waals surface area contributed by atoms with Crippen LogP contribution in [0.3, 0.4) is 0 Å². The van der Waals surface area contributed by atoms with Gasteiger partial charge in [0.15, 0.2) is 0 Å². The van der Waals surface area contributed by atoms with Gasteiger partial charge in [0.05, 0.1) is 5.56 Å². The van der Waals surface area contributed by atoms with Crippen molar-refractivity contribution >= 4 is 28.3 Å². The second kappa shape index (κ2) is 10.3. The maximum Gasteiger partial charge on any atom is 0.255 e. The molecule has 0 fully saturated rings. The number of fused-ring (bicyclic) bond motifs is 1. The molecule has 0 heterocycles. The van der Waals surface area contributed by atoms with Crippen LogP contribution < -0.4 is 5.32 Å². The van der Waals surface area contributed by atoms with Gasteiger partial charge in [-0.15, -0.1) is 0 Å². The molecule has 0 saturated carbocycles. The maximum absolute atomic E-state index is 12.3. The summed E-state index contributed by atoms with van der Waals surface area (Å²) in [6, 6.07) is 8.82. The number of hydrogen-bond acceptors (Lipinski definition) is 2. The summed E-state index contributed by atoms with van der Waals surface area (Å²) in [5.74, 6) is -0.276. The number of unbranched alkanes of at least 4 members (excludes halogenated alkanes) is 7. The lowest BCUT2D eigenvalue weighted by molar-refractivity contribution is 0.0950. The number of hydrogen-bond donors (Lipinski definition) is 2. The largest absolute Gasteiger partial charge is 0.506 e. The fourth-order valence-electron chi connectivity index (χ4n) is 3.04. The van der Waals surface area contributed by atoms with Crippen LogP contribution in [0.1, 0.15) is 68.6 Å². The molecule has 0 atom stereocenters. The highest BCUT2D eigenvalue weighted by molar-refractivity contribution is 6.36. The minimum Gasteiger partial charge on any atom is -0.506 e. The number of benzene rings is 2. The van der Waals surface area contributed by atoms with Crippen molar-refractivity contribution in [1.29, 1.82) is 0 Å². The first-order valence-corrected chi connectivity index (χ1v) is 9.71. The molecule has 2 aromatic carbocycles. The summed E-state index contributed by atoms with van der Waals surface area (Å²) in [4.78, 5) is 12.3. The molecule has 25 heavy (non-hydrogen) atoms. The molecule has 0 radical (unpaired) electrons.